The molecule has 29 heavy (non-hydrogen) atoms. The van der Waals surface area contributed by atoms with Gasteiger partial charge in [0.1, 0.15) is 5.75 Å². The number of amides is 1. The van der Waals surface area contributed by atoms with Gasteiger partial charge in [-0.3, -0.25) is 9.59 Å². The SMILES string of the molecule is COC(=O)C1CCC(NC(=O)c2ccc(OCC34CCN(CC3)CC4)cc2)CC1. The van der Waals surface area contributed by atoms with E-state index in [1.54, 1.807) is 0 Å². The number of carbonyl (C=O) groups excluding carboxylic acids is 2. The maximum atomic E-state index is 12.6. The highest BCUT2D eigenvalue weighted by Gasteiger charge is 2.39. The Morgan fingerprint density at radius 1 is 1.03 bits per heavy atom. The van der Waals surface area contributed by atoms with Gasteiger partial charge in [0.2, 0.25) is 0 Å². The molecular formula is C23H32N2O4. The molecule has 0 radical (unpaired) electrons. The third-order valence-electron chi connectivity index (χ3n) is 7.13. The summed E-state index contributed by atoms with van der Waals surface area (Å²) in [6.07, 6.45) is 6.84. The van der Waals surface area contributed by atoms with Gasteiger partial charge in [-0.1, -0.05) is 0 Å². The van der Waals surface area contributed by atoms with E-state index in [1.165, 1.54) is 46.0 Å². The zero-order valence-corrected chi connectivity index (χ0v) is 17.3. The fourth-order valence-electron chi connectivity index (χ4n) is 4.96. The number of hydrogen-bond acceptors (Lipinski definition) is 5. The van der Waals surface area contributed by atoms with Crippen LogP contribution in [0.15, 0.2) is 24.3 Å². The third kappa shape index (κ3) is 4.74. The number of hydrogen-bond donors (Lipinski definition) is 1. The van der Waals surface area contributed by atoms with Crippen LogP contribution in [0, 0.1) is 11.3 Å². The van der Waals surface area contributed by atoms with E-state index in [0.717, 1.165) is 38.0 Å². The minimum atomic E-state index is -0.135. The molecule has 3 heterocycles. The molecule has 2 bridgehead atoms. The fourth-order valence-corrected chi connectivity index (χ4v) is 4.96. The molecule has 0 atom stereocenters. The fraction of sp³-hybridized carbons (Fsp3) is 0.652. The Morgan fingerprint density at radius 2 is 1.66 bits per heavy atom. The number of fused-ring (bicyclic) bond motifs is 3. The predicted molar refractivity (Wildman–Crippen MR) is 110 cm³/mol. The molecular weight excluding hydrogens is 368 g/mol. The third-order valence-corrected chi connectivity index (χ3v) is 7.13. The van der Waals surface area contributed by atoms with Gasteiger partial charge in [-0.05, 0) is 88.8 Å². The van der Waals surface area contributed by atoms with Crippen LogP contribution < -0.4 is 10.1 Å². The van der Waals surface area contributed by atoms with Crippen LogP contribution >= 0.6 is 0 Å². The van der Waals surface area contributed by atoms with Gasteiger partial charge in [-0.25, -0.2) is 0 Å². The first kappa shape index (κ1) is 20.2. The molecule has 1 aromatic rings. The normalized spacial score (nSPS) is 31.1. The van der Waals surface area contributed by atoms with E-state index < -0.39 is 0 Å². The van der Waals surface area contributed by atoms with Crippen molar-refractivity contribution in [2.24, 2.45) is 11.3 Å². The number of ether oxygens (including phenoxy) is 2. The zero-order chi connectivity index (χ0) is 20.3. The van der Waals surface area contributed by atoms with Crippen molar-refractivity contribution in [2.45, 2.75) is 51.0 Å². The van der Waals surface area contributed by atoms with Gasteiger partial charge in [0.05, 0.1) is 19.6 Å². The highest BCUT2D eigenvalue weighted by molar-refractivity contribution is 5.94. The summed E-state index contributed by atoms with van der Waals surface area (Å²) in [4.78, 5) is 26.7. The van der Waals surface area contributed by atoms with Crippen molar-refractivity contribution in [3.05, 3.63) is 29.8 Å². The van der Waals surface area contributed by atoms with E-state index in [0.29, 0.717) is 11.0 Å². The molecule has 3 aliphatic heterocycles. The molecule has 5 rings (SSSR count). The lowest BCUT2D eigenvalue weighted by molar-refractivity contribution is -0.146. The summed E-state index contributed by atoms with van der Waals surface area (Å²) in [5.74, 6) is 0.614. The molecule has 0 spiro atoms. The highest BCUT2D eigenvalue weighted by atomic mass is 16.5. The van der Waals surface area contributed by atoms with Crippen molar-refractivity contribution < 1.29 is 19.1 Å². The summed E-state index contributed by atoms with van der Waals surface area (Å²) in [5.41, 5.74) is 0.991. The van der Waals surface area contributed by atoms with Gasteiger partial charge in [0, 0.05) is 17.0 Å². The number of benzene rings is 1. The van der Waals surface area contributed by atoms with Crippen molar-refractivity contribution in [3.8, 4) is 5.75 Å². The summed E-state index contributed by atoms with van der Waals surface area (Å²) in [7, 11) is 1.43. The van der Waals surface area contributed by atoms with E-state index in [9.17, 15) is 9.59 Å². The van der Waals surface area contributed by atoms with Crippen molar-refractivity contribution in [1.82, 2.24) is 10.2 Å². The molecule has 1 aliphatic carbocycles. The Bertz CT molecular complexity index is 703. The number of nitrogens with zero attached hydrogens (tertiary/aromatic N) is 1. The molecule has 1 aromatic carbocycles. The van der Waals surface area contributed by atoms with Crippen LogP contribution in [0.5, 0.6) is 5.75 Å². The van der Waals surface area contributed by atoms with Crippen LogP contribution in [0.3, 0.4) is 0 Å². The molecule has 1 saturated carbocycles. The van der Waals surface area contributed by atoms with E-state index in [-0.39, 0.29) is 23.8 Å². The molecule has 3 saturated heterocycles. The van der Waals surface area contributed by atoms with E-state index in [4.69, 9.17) is 9.47 Å². The molecule has 6 nitrogen and oxygen atoms in total. The lowest BCUT2D eigenvalue weighted by atomic mass is 9.73. The number of methoxy groups -OCH3 is 1. The molecule has 1 N–H and O–H groups in total. The van der Waals surface area contributed by atoms with Gasteiger partial charge in [0.15, 0.2) is 0 Å². The minimum absolute atomic E-state index is 0.0274. The van der Waals surface area contributed by atoms with Crippen molar-refractivity contribution in [3.63, 3.8) is 0 Å². The Balaban J connectivity index is 1.24. The highest BCUT2D eigenvalue weighted by Crippen LogP contribution is 2.40. The summed E-state index contributed by atoms with van der Waals surface area (Å²) >= 11 is 0. The first-order valence-electron chi connectivity index (χ1n) is 10.9. The number of nitrogens with one attached hydrogen (secondary N) is 1. The average Bonchev–Trinajstić information content (AvgIpc) is 2.79. The van der Waals surface area contributed by atoms with Crippen LogP contribution in [0.4, 0.5) is 0 Å². The molecule has 4 aliphatic rings. The van der Waals surface area contributed by atoms with Crippen LogP contribution in [0.25, 0.3) is 0 Å². The molecule has 0 unspecified atom stereocenters. The molecule has 0 aromatic heterocycles. The van der Waals surface area contributed by atoms with Gasteiger partial charge in [0.25, 0.3) is 5.91 Å². The lowest BCUT2D eigenvalue weighted by Crippen LogP contribution is -2.50. The second-order valence-corrected chi connectivity index (χ2v) is 8.95. The largest absolute Gasteiger partial charge is 0.493 e. The van der Waals surface area contributed by atoms with E-state index in [1.807, 2.05) is 24.3 Å². The first-order chi connectivity index (χ1) is 14.1. The number of rotatable bonds is 6. The average molecular weight is 401 g/mol. The molecule has 158 valence electrons. The van der Waals surface area contributed by atoms with E-state index >= 15 is 0 Å². The summed E-state index contributed by atoms with van der Waals surface area (Å²) < 4.78 is 10.9. The van der Waals surface area contributed by atoms with Crippen LogP contribution in [-0.4, -0.2) is 56.2 Å². The van der Waals surface area contributed by atoms with Crippen molar-refractivity contribution >= 4 is 11.9 Å². The Kier molecular flexibility index (Phi) is 6.09. The van der Waals surface area contributed by atoms with E-state index in [2.05, 4.69) is 10.2 Å². The summed E-state index contributed by atoms with van der Waals surface area (Å²) in [6, 6.07) is 7.60. The lowest BCUT2D eigenvalue weighted by Gasteiger charge is -2.48. The van der Waals surface area contributed by atoms with Crippen LogP contribution in [0.1, 0.15) is 55.3 Å². The van der Waals surface area contributed by atoms with Gasteiger partial charge in [-0.2, -0.15) is 0 Å². The maximum absolute atomic E-state index is 12.6. The first-order valence-corrected chi connectivity index (χ1v) is 10.9. The topological polar surface area (TPSA) is 67.9 Å². The number of carbonyl (C=O) groups is 2. The van der Waals surface area contributed by atoms with Crippen molar-refractivity contribution in [2.75, 3.05) is 33.4 Å². The van der Waals surface area contributed by atoms with Gasteiger partial charge < -0.3 is 19.7 Å². The second kappa shape index (κ2) is 8.74. The predicted octanol–water partition coefficient (Wildman–Crippen LogP) is 3.01. The van der Waals surface area contributed by atoms with Crippen LogP contribution in [0.2, 0.25) is 0 Å². The summed E-state index contributed by atoms with van der Waals surface area (Å²) in [6.45, 7) is 4.37. The minimum Gasteiger partial charge on any atom is -0.493 e. The Morgan fingerprint density at radius 3 is 2.24 bits per heavy atom. The molecule has 6 heteroatoms. The number of esters is 1. The molecule has 1 amide bonds. The monoisotopic (exact) mass is 400 g/mol. The van der Waals surface area contributed by atoms with Crippen molar-refractivity contribution in [1.29, 1.82) is 0 Å². The summed E-state index contributed by atoms with van der Waals surface area (Å²) in [5, 5.41) is 3.10. The van der Waals surface area contributed by atoms with Crippen LogP contribution in [-0.2, 0) is 9.53 Å². The second-order valence-electron chi connectivity index (χ2n) is 8.95. The quantitative estimate of drug-likeness (QED) is 0.744. The smallest absolute Gasteiger partial charge is 0.308 e. The number of piperidine rings is 3. The maximum Gasteiger partial charge on any atom is 0.308 e. The molecule has 4 fully saturated rings. The Labute approximate surface area is 172 Å². The zero-order valence-electron chi connectivity index (χ0n) is 17.3. The van der Waals surface area contributed by atoms with Gasteiger partial charge >= 0.3 is 5.97 Å². The standard InChI is InChI=1S/C23H32N2O4/c1-28-22(27)18-2-6-19(7-3-18)24-21(26)17-4-8-20(9-5-17)29-16-23-10-13-25(14-11-23)15-12-23/h4-5,8-9,18-19H,2-3,6-7,10-16H2,1H3,(H,24,26). The van der Waals surface area contributed by atoms with Gasteiger partial charge in [-0.15, -0.1) is 0 Å². The Hall–Kier alpha value is -2.08.